The molecule has 3 heterocycles. The van der Waals surface area contributed by atoms with E-state index in [9.17, 15) is 9.59 Å². The molecule has 5 nitrogen and oxygen atoms in total. The highest BCUT2D eigenvalue weighted by Gasteiger charge is 2.31. The van der Waals surface area contributed by atoms with Crippen LogP contribution >= 0.6 is 11.3 Å². The van der Waals surface area contributed by atoms with E-state index in [2.05, 4.69) is 28.1 Å². The van der Waals surface area contributed by atoms with Crippen molar-refractivity contribution in [3.05, 3.63) is 46.3 Å². The Morgan fingerprint density at radius 2 is 1.91 bits per heavy atom. The van der Waals surface area contributed by atoms with Gasteiger partial charge in [0.1, 0.15) is 17.0 Å². The lowest BCUT2D eigenvalue weighted by molar-refractivity contribution is -0.121. The van der Waals surface area contributed by atoms with Crippen LogP contribution in [-0.2, 0) is 22.6 Å². The first-order chi connectivity index (χ1) is 15.3. The number of carbonyl (C=O) groups is 2. The number of amides is 1. The van der Waals surface area contributed by atoms with E-state index in [1.54, 1.807) is 0 Å². The summed E-state index contributed by atoms with van der Waals surface area (Å²) in [5, 5.41) is 3.05. The molecule has 0 radical (unpaired) electrons. The van der Waals surface area contributed by atoms with E-state index in [1.165, 1.54) is 47.4 Å². The number of thiophene rings is 1. The third-order valence-electron chi connectivity index (χ3n) is 6.44. The van der Waals surface area contributed by atoms with Crippen molar-refractivity contribution in [3.63, 3.8) is 0 Å². The van der Waals surface area contributed by atoms with Crippen LogP contribution in [-0.4, -0.2) is 22.0 Å². The van der Waals surface area contributed by atoms with E-state index in [0.29, 0.717) is 17.3 Å². The summed E-state index contributed by atoms with van der Waals surface area (Å²) in [5.74, 6) is 0.152. The zero-order valence-corrected chi connectivity index (χ0v) is 19.8. The molecule has 1 saturated carbocycles. The van der Waals surface area contributed by atoms with Gasteiger partial charge in [0.05, 0.1) is 15.9 Å². The number of nitrogens with one attached hydrogen (secondary N) is 1. The van der Waals surface area contributed by atoms with Gasteiger partial charge in [-0.25, -0.2) is 4.79 Å². The van der Waals surface area contributed by atoms with Crippen molar-refractivity contribution in [2.45, 2.75) is 77.5 Å². The summed E-state index contributed by atoms with van der Waals surface area (Å²) in [7, 11) is 0. The van der Waals surface area contributed by atoms with Crippen LogP contribution in [0.25, 0.3) is 21.5 Å². The highest BCUT2D eigenvalue weighted by atomic mass is 32.1. The lowest BCUT2D eigenvalue weighted by Crippen LogP contribution is -2.29. The number of aromatic nitrogens is 1. The number of rotatable bonds is 2. The smallest absolute Gasteiger partial charge is 0.348 e. The molecule has 168 valence electrons. The Labute approximate surface area is 192 Å². The van der Waals surface area contributed by atoms with Gasteiger partial charge in [-0.05, 0) is 56.7 Å². The number of hydrogen-bond donors (Lipinski definition) is 1. The molecular weight excluding hydrogens is 420 g/mol. The van der Waals surface area contributed by atoms with Crippen molar-refractivity contribution in [3.8, 4) is 11.3 Å². The number of ether oxygens (including phenoxy) is 1. The van der Waals surface area contributed by atoms with Crippen LogP contribution in [0.3, 0.4) is 0 Å². The van der Waals surface area contributed by atoms with Crippen LogP contribution in [0.2, 0.25) is 0 Å². The Bertz CT molecular complexity index is 1190. The fraction of sp³-hybridized carbons (Fsp3) is 0.462. The second kappa shape index (κ2) is 8.07. The normalized spacial score (nSPS) is 17.3. The number of nitrogens with zero attached hydrogens (tertiary/aromatic N) is 1. The Hall–Kier alpha value is -2.60. The Morgan fingerprint density at radius 1 is 1.16 bits per heavy atom. The van der Waals surface area contributed by atoms with Crippen molar-refractivity contribution in [2.75, 3.05) is 0 Å². The van der Waals surface area contributed by atoms with Crippen molar-refractivity contribution >= 4 is 33.4 Å². The highest BCUT2D eigenvalue weighted by molar-refractivity contribution is 7.21. The molecule has 32 heavy (non-hydrogen) atoms. The van der Waals surface area contributed by atoms with E-state index >= 15 is 0 Å². The molecule has 3 aromatic rings. The molecule has 2 aliphatic rings. The molecule has 1 fully saturated rings. The van der Waals surface area contributed by atoms with E-state index in [1.807, 2.05) is 32.9 Å². The molecular formula is C26H30N2O3S. The van der Waals surface area contributed by atoms with Crippen molar-refractivity contribution in [1.82, 2.24) is 9.88 Å². The first-order valence-electron chi connectivity index (χ1n) is 11.6. The van der Waals surface area contributed by atoms with Crippen molar-refractivity contribution in [2.24, 2.45) is 0 Å². The van der Waals surface area contributed by atoms with Gasteiger partial charge in [0.15, 0.2) is 0 Å². The molecule has 0 saturated heterocycles. The first kappa shape index (κ1) is 21.3. The average molecular weight is 451 g/mol. The summed E-state index contributed by atoms with van der Waals surface area (Å²) in [6, 6.07) is 10.3. The monoisotopic (exact) mass is 450 g/mol. The van der Waals surface area contributed by atoms with Crippen LogP contribution < -0.4 is 5.32 Å². The maximum Gasteiger partial charge on any atom is 0.348 e. The van der Waals surface area contributed by atoms with Gasteiger partial charge >= 0.3 is 5.97 Å². The molecule has 1 N–H and O–H groups in total. The van der Waals surface area contributed by atoms with E-state index in [0.717, 1.165) is 28.6 Å². The zero-order chi connectivity index (χ0) is 22.5. The van der Waals surface area contributed by atoms with Crippen molar-refractivity contribution < 1.29 is 14.3 Å². The van der Waals surface area contributed by atoms with Crippen LogP contribution in [0.5, 0.6) is 0 Å². The second-order valence-electron chi connectivity index (χ2n) is 9.94. The number of carbonyl (C=O) groups excluding carboxylic acids is 2. The van der Waals surface area contributed by atoms with Crippen LogP contribution in [0.1, 0.15) is 79.6 Å². The third-order valence-corrected chi connectivity index (χ3v) is 7.57. The highest BCUT2D eigenvalue weighted by Crippen LogP contribution is 2.47. The lowest BCUT2D eigenvalue weighted by Gasteiger charge is -2.25. The molecule has 1 aromatic carbocycles. The third kappa shape index (κ3) is 3.85. The SMILES string of the molecule is CC(C)(C)OC(=O)c1cc2c(s1)c(C1CCCCC1)c1n2CC(=O)NCc2ccccc2-1. The summed E-state index contributed by atoms with van der Waals surface area (Å²) in [5.41, 5.74) is 5.24. The standard InChI is InChI=1S/C26H30N2O3S/c1-26(2,3)31-25(30)20-13-19-24(32-20)22(16-9-5-4-6-10-16)23-18-12-8-7-11-17(18)14-27-21(29)15-28(19)23/h7-8,11-13,16H,4-6,9-10,14-15H2,1-3H3,(H,27,29). The van der Waals surface area contributed by atoms with Crippen LogP contribution in [0.4, 0.5) is 0 Å². The topological polar surface area (TPSA) is 60.3 Å². The predicted molar refractivity (Wildman–Crippen MR) is 128 cm³/mol. The van der Waals surface area contributed by atoms with Gasteiger partial charge in [0, 0.05) is 12.1 Å². The molecule has 1 aliphatic carbocycles. The summed E-state index contributed by atoms with van der Waals surface area (Å²) in [4.78, 5) is 26.2. The van der Waals surface area contributed by atoms with Gasteiger partial charge in [0.2, 0.25) is 5.91 Å². The maximum absolute atomic E-state index is 12.9. The number of benzene rings is 1. The first-order valence-corrected chi connectivity index (χ1v) is 12.4. The molecule has 1 amide bonds. The van der Waals surface area contributed by atoms with Crippen LogP contribution in [0.15, 0.2) is 30.3 Å². The van der Waals surface area contributed by atoms with Gasteiger partial charge < -0.3 is 14.6 Å². The molecule has 0 atom stereocenters. The number of hydrogen-bond acceptors (Lipinski definition) is 4. The minimum absolute atomic E-state index is 0.00198. The second-order valence-corrected chi connectivity index (χ2v) is 11.0. The van der Waals surface area contributed by atoms with Gasteiger partial charge in [-0.3, -0.25) is 4.79 Å². The quantitative estimate of drug-likeness (QED) is 0.487. The number of fused-ring (bicyclic) bond motifs is 5. The van der Waals surface area contributed by atoms with Gasteiger partial charge in [-0.2, -0.15) is 0 Å². The summed E-state index contributed by atoms with van der Waals surface area (Å²) >= 11 is 1.52. The zero-order valence-electron chi connectivity index (χ0n) is 19.0. The molecule has 0 bridgehead atoms. The van der Waals surface area contributed by atoms with Gasteiger partial charge in [-0.1, -0.05) is 43.5 Å². The van der Waals surface area contributed by atoms with E-state index < -0.39 is 5.60 Å². The minimum atomic E-state index is -0.544. The molecule has 0 spiro atoms. The van der Waals surface area contributed by atoms with Gasteiger partial charge in [-0.15, -0.1) is 11.3 Å². The summed E-state index contributed by atoms with van der Waals surface area (Å²) in [6.07, 6.45) is 6.04. The van der Waals surface area contributed by atoms with E-state index in [-0.39, 0.29) is 18.4 Å². The summed E-state index contributed by atoms with van der Waals surface area (Å²) in [6.45, 7) is 6.46. The minimum Gasteiger partial charge on any atom is -0.456 e. The lowest BCUT2D eigenvalue weighted by atomic mass is 9.82. The Morgan fingerprint density at radius 3 is 2.66 bits per heavy atom. The fourth-order valence-corrected chi connectivity index (χ4v) is 6.26. The molecule has 2 aromatic heterocycles. The Kier molecular flexibility index (Phi) is 5.36. The molecule has 1 aliphatic heterocycles. The van der Waals surface area contributed by atoms with E-state index in [4.69, 9.17) is 4.74 Å². The maximum atomic E-state index is 12.9. The average Bonchev–Trinajstić information content (AvgIpc) is 3.29. The number of esters is 1. The Balaban J connectivity index is 1.75. The van der Waals surface area contributed by atoms with Crippen molar-refractivity contribution in [1.29, 1.82) is 0 Å². The summed E-state index contributed by atoms with van der Waals surface area (Å²) < 4.78 is 8.93. The largest absolute Gasteiger partial charge is 0.456 e. The molecule has 5 rings (SSSR count). The molecule has 0 unspecified atom stereocenters. The van der Waals surface area contributed by atoms with Gasteiger partial charge in [0.25, 0.3) is 0 Å². The predicted octanol–water partition coefficient (Wildman–Crippen LogP) is 6.00. The fourth-order valence-electron chi connectivity index (χ4n) is 5.10. The molecule has 6 heteroatoms. The van der Waals surface area contributed by atoms with Crippen LogP contribution in [0, 0.1) is 0 Å².